The van der Waals surface area contributed by atoms with Gasteiger partial charge in [0.15, 0.2) is 5.78 Å². The van der Waals surface area contributed by atoms with Gasteiger partial charge in [0.1, 0.15) is 18.9 Å². The van der Waals surface area contributed by atoms with E-state index in [9.17, 15) is 19.6 Å². The van der Waals surface area contributed by atoms with Crippen LogP contribution in [0.1, 0.15) is 61.3 Å². The zero-order valence-electron chi connectivity index (χ0n) is 29.0. The Bertz CT molecular complexity index is 1090. The molecule has 1 aliphatic heterocycles. The Kier molecular flexibility index (Phi) is 20.3. The number of nitroso groups, excluding NO2 is 1. The highest BCUT2D eigenvalue weighted by atomic mass is 16.5. The number of hydrogen-bond acceptors (Lipinski definition) is 11. The number of carboxylic acid groups (broad SMARTS) is 1. The lowest BCUT2D eigenvalue weighted by Crippen LogP contribution is -2.48. The van der Waals surface area contributed by atoms with Crippen molar-refractivity contribution in [3.05, 3.63) is 45.1 Å². The van der Waals surface area contributed by atoms with E-state index in [1.165, 1.54) is 12.0 Å². The lowest BCUT2D eigenvalue weighted by atomic mass is 9.82. The topological polar surface area (TPSA) is 147 Å². The minimum absolute atomic E-state index is 0.0341. The molecule has 1 heterocycles. The normalized spacial score (nSPS) is 16.7. The van der Waals surface area contributed by atoms with Crippen LogP contribution in [-0.4, -0.2) is 130 Å². The van der Waals surface area contributed by atoms with Crippen molar-refractivity contribution in [1.82, 2.24) is 9.80 Å². The first-order chi connectivity index (χ1) is 22.6. The van der Waals surface area contributed by atoms with Crippen LogP contribution in [0.4, 0.5) is 0 Å². The molecule has 0 amide bonds. The minimum Gasteiger partial charge on any atom is -0.511 e. The van der Waals surface area contributed by atoms with Crippen molar-refractivity contribution >= 4 is 17.3 Å². The van der Waals surface area contributed by atoms with Gasteiger partial charge in [-0.15, -0.1) is 0 Å². The average molecular weight is 664 g/mol. The molecule has 0 atom stereocenters. The van der Waals surface area contributed by atoms with Gasteiger partial charge in [0.05, 0.1) is 51.8 Å². The predicted molar refractivity (Wildman–Crippen MR) is 182 cm³/mol. The molecule has 12 heteroatoms. The Morgan fingerprint density at radius 2 is 1.26 bits per heavy atom. The molecule has 266 valence electrons. The molecule has 1 aromatic carbocycles. The van der Waals surface area contributed by atoms with Crippen molar-refractivity contribution < 1.29 is 38.7 Å². The quantitative estimate of drug-likeness (QED) is 0.0875. The Balaban J connectivity index is 0.000000333. The van der Waals surface area contributed by atoms with E-state index in [2.05, 4.69) is 34.0 Å². The molecule has 1 saturated heterocycles. The number of hydrogen-bond donors (Lipinski definition) is 2. The molecule has 0 aromatic heterocycles. The van der Waals surface area contributed by atoms with E-state index < -0.39 is 5.97 Å². The molecule has 0 radical (unpaired) electrons. The Morgan fingerprint density at radius 1 is 0.766 bits per heavy atom. The number of aliphatic hydroxyl groups excluding tert-OH is 1. The number of aryl methyl sites for hydroxylation is 3. The summed E-state index contributed by atoms with van der Waals surface area (Å²) < 4.78 is 21.0. The average Bonchev–Trinajstić information content (AvgIpc) is 3.04. The Hall–Kier alpha value is -2.74. The largest absolute Gasteiger partial charge is 0.511 e. The second-order valence-corrected chi connectivity index (χ2v) is 12.2. The van der Waals surface area contributed by atoms with Gasteiger partial charge in [0, 0.05) is 45.2 Å². The lowest BCUT2D eigenvalue weighted by Gasteiger charge is -2.34. The standard InChI is InChI=1S/C19H26O2.C16H31N3O7/c1-12-10-13(2)17(14(3)11-12)18(15(4)20)19(21)16-8-6-5-7-9-16;20-16(21)15-26-14-13-25-12-11-24-10-7-19-4-2-18(3-5-19)6-9-23-8-1-17-22/h10-11,16,21H,5-9H2,1-4H3;1-15H2,(H,20,21)/b19-18-;. The third-order valence-corrected chi connectivity index (χ3v) is 8.39. The Labute approximate surface area is 280 Å². The van der Waals surface area contributed by atoms with Crippen LogP contribution in [0.3, 0.4) is 0 Å². The van der Waals surface area contributed by atoms with E-state index in [0.717, 1.165) is 81.6 Å². The molecule has 1 aromatic rings. The zero-order chi connectivity index (χ0) is 34.4. The van der Waals surface area contributed by atoms with Crippen LogP contribution in [0.5, 0.6) is 0 Å². The first-order valence-corrected chi connectivity index (χ1v) is 16.9. The molecule has 1 saturated carbocycles. The molecule has 2 aliphatic rings. The van der Waals surface area contributed by atoms with Gasteiger partial charge in [-0.2, -0.15) is 4.91 Å². The van der Waals surface area contributed by atoms with Crippen LogP contribution in [-0.2, 0) is 28.5 Å². The predicted octanol–water partition coefficient (Wildman–Crippen LogP) is 4.57. The number of Topliss-reactive ketones (excluding diaryl/α,β-unsaturated/α-hetero) is 1. The minimum atomic E-state index is -0.977. The zero-order valence-corrected chi connectivity index (χ0v) is 29.0. The third kappa shape index (κ3) is 16.3. The summed E-state index contributed by atoms with van der Waals surface area (Å²) in [7, 11) is 0. The molecule has 0 unspecified atom stereocenters. The van der Waals surface area contributed by atoms with E-state index in [0.29, 0.717) is 51.0 Å². The monoisotopic (exact) mass is 663 g/mol. The fraction of sp³-hybridized carbons (Fsp3) is 0.714. The van der Waals surface area contributed by atoms with Crippen LogP contribution in [0.15, 0.2) is 23.1 Å². The maximum Gasteiger partial charge on any atom is 0.329 e. The van der Waals surface area contributed by atoms with Crippen LogP contribution in [0, 0.1) is 31.6 Å². The Morgan fingerprint density at radius 3 is 1.74 bits per heavy atom. The summed E-state index contributed by atoms with van der Waals surface area (Å²) in [6, 6.07) is 4.17. The van der Waals surface area contributed by atoms with Gasteiger partial charge in [0.2, 0.25) is 0 Å². The van der Waals surface area contributed by atoms with Crippen molar-refractivity contribution in [2.24, 2.45) is 11.1 Å². The second kappa shape index (κ2) is 23.6. The number of ether oxygens (including phenoxy) is 4. The molecule has 1 aliphatic carbocycles. The van der Waals surface area contributed by atoms with E-state index in [-0.39, 0.29) is 31.5 Å². The summed E-state index contributed by atoms with van der Waals surface area (Å²) in [5.41, 5.74) is 4.79. The van der Waals surface area contributed by atoms with Crippen LogP contribution >= 0.6 is 0 Å². The summed E-state index contributed by atoms with van der Waals surface area (Å²) in [5, 5.41) is 21.9. The first kappa shape index (κ1) is 40.4. The van der Waals surface area contributed by atoms with Gasteiger partial charge in [-0.25, -0.2) is 4.79 Å². The highest BCUT2D eigenvalue weighted by Crippen LogP contribution is 2.35. The molecular formula is C35H57N3O9. The lowest BCUT2D eigenvalue weighted by molar-refractivity contribution is -0.142. The molecule has 47 heavy (non-hydrogen) atoms. The van der Waals surface area contributed by atoms with E-state index >= 15 is 0 Å². The van der Waals surface area contributed by atoms with E-state index in [1.54, 1.807) is 6.92 Å². The van der Waals surface area contributed by atoms with Gasteiger partial charge in [-0.1, -0.05) is 42.1 Å². The summed E-state index contributed by atoms with van der Waals surface area (Å²) >= 11 is 0. The number of aliphatic hydroxyl groups is 1. The number of carbonyl (C=O) groups is 2. The molecule has 2 fully saturated rings. The molecule has 2 N–H and O–H groups in total. The van der Waals surface area contributed by atoms with Crippen molar-refractivity contribution in [1.29, 1.82) is 0 Å². The fourth-order valence-electron chi connectivity index (χ4n) is 6.07. The highest BCUT2D eigenvalue weighted by Gasteiger charge is 2.25. The van der Waals surface area contributed by atoms with Gasteiger partial charge >= 0.3 is 5.97 Å². The van der Waals surface area contributed by atoms with Gasteiger partial charge in [-0.3, -0.25) is 14.6 Å². The molecule has 0 spiro atoms. The maximum absolute atomic E-state index is 12.2. The number of carbonyl (C=O) groups excluding carboxylic acids is 1. The molecule has 12 nitrogen and oxygen atoms in total. The smallest absolute Gasteiger partial charge is 0.329 e. The molecule has 3 rings (SSSR count). The van der Waals surface area contributed by atoms with E-state index in [1.807, 2.05) is 13.8 Å². The third-order valence-electron chi connectivity index (χ3n) is 8.39. The van der Waals surface area contributed by atoms with Crippen molar-refractivity contribution in [3.8, 4) is 0 Å². The summed E-state index contributed by atoms with van der Waals surface area (Å²) in [5.74, 6) is -0.544. The SMILES string of the molecule is CC(=O)/C(=C(/O)C1CCCCC1)c1c(C)cc(C)cc1C.O=NCCOCCN1CCN(CCOCCOCCOCC(=O)O)CC1. The van der Waals surface area contributed by atoms with Crippen LogP contribution in [0.25, 0.3) is 5.57 Å². The van der Waals surface area contributed by atoms with Crippen molar-refractivity contribution in [3.63, 3.8) is 0 Å². The second-order valence-electron chi connectivity index (χ2n) is 12.2. The number of piperazine rings is 1. The number of allylic oxidation sites excluding steroid dienone is 2. The van der Waals surface area contributed by atoms with Gasteiger partial charge in [-0.05, 0) is 57.2 Å². The van der Waals surface area contributed by atoms with Gasteiger partial charge < -0.3 is 29.2 Å². The number of aliphatic carboxylic acids is 1. The molecular weight excluding hydrogens is 606 g/mol. The summed E-state index contributed by atoms with van der Waals surface area (Å²) in [6.45, 7) is 16.8. The van der Waals surface area contributed by atoms with Crippen LogP contribution < -0.4 is 0 Å². The fourth-order valence-corrected chi connectivity index (χ4v) is 6.07. The number of benzene rings is 1. The maximum atomic E-state index is 12.2. The summed E-state index contributed by atoms with van der Waals surface area (Å²) in [4.78, 5) is 37.1. The van der Waals surface area contributed by atoms with Crippen LogP contribution in [0.2, 0.25) is 0 Å². The van der Waals surface area contributed by atoms with Crippen molar-refractivity contribution in [2.45, 2.75) is 59.8 Å². The highest BCUT2D eigenvalue weighted by molar-refractivity contribution is 6.21. The van der Waals surface area contributed by atoms with E-state index in [4.69, 9.17) is 24.1 Å². The number of rotatable bonds is 20. The van der Waals surface area contributed by atoms with Crippen molar-refractivity contribution in [2.75, 3.05) is 98.7 Å². The number of carboxylic acids is 1. The number of ketones is 1. The summed E-state index contributed by atoms with van der Waals surface area (Å²) in [6.07, 6.45) is 5.51. The van der Waals surface area contributed by atoms with Gasteiger partial charge in [0.25, 0.3) is 0 Å². The first-order valence-electron chi connectivity index (χ1n) is 16.9. The molecule has 0 bridgehead atoms. The number of nitrogens with zero attached hydrogens (tertiary/aromatic N) is 3.